The number of nitrogens with one attached hydrogen (secondary N) is 1. The molecule has 0 saturated heterocycles. The van der Waals surface area contributed by atoms with Gasteiger partial charge >= 0.3 is 0 Å². The molecular formula is C11H21ClN2O. The second-order valence-corrected chi connectivity index (χ2v) is 5.34. The zero-order valence-electron chi connectivity index (χ0n) is 9.50. The lowest BCUT2D eigenvalue weighted by Gasteiger charge is -2.27. The quantitative estimate of drug-likeness (QED) is 0.727. The van der Waals surface area contributed by atoms with Crippen molar-refractivity contribution in [3.05, 3.63) is 0 Å². The number of carbonyl (C=O) groups is 1. The molecule has 1 unspecified atom stereocenters. The minimum absolute atomic E-state index is 0.0250. The molecule has 1 fully saturated rings. The highest BCUT2D eigenvalue weighted by molar-refractivity contribution is 6.20. The Morgan fingerprint density at radius 3 is 2.33 bits per heavy atom. The normalized spacial score (nSPS) is 28.9. The topological polar surface area (TPSA) is 55.1 Å². The third kappa shape index (κ3) is 3.99. The Balaban J connectivity index is 2.32. The number of rotatable bonds is 3. The van der Waals surface area contributed by atoms with Crippen LogP contribution < -0.4 is 11.1 Å². The van der Waals surface area contributed by atoms with Gasteiger partial charge in [0, 0.05) is 11.4 Å². The molecule has 1 amide bonds. The van der Waals surface area contributed by atoms with Gasteiger partial charge in [0.2, 0.25) is 5.91 Å². The Bertz CT molecular complexity index is 213. The van der Waals surface area contributed by atoms with Crippen molar-refractivity contribution in [2.75, 3.05) is 0 Å². The summed E-state index contributed by atoms with van der Waals surface area (Å²) in [6.45, 7) is 3.92. The van der Waals surface area contributed by atoms with Gasteiger partial charge in [-0.2, -0.15) is 0 Å². The lowest BCUT2D eigenvalue weighted by molar-refractivity contribution is -0.124. The highest BCUT2D eigenvalue weighted by Gasteiger charge is 2.24. The van der Waals surface area contributed by atoms with Gasteiger partial charge in [-0.1, -0.05) is 13.8 Å². The van der Waals surface area contributed by atoms with Crippen molar-refractivity contribution in [3.8, 4) is 0 Å². The van der Waals surface area contributed by atoms with Crippen molar-refractivity contribution in [2.45, 2.75) is 57.0 Å². The van der Waals surface area contributed by atoms with Crippen LogP contribution >= 0.6 is 11.6 Å². The second-order valence-electron chi connectivity index (χ2n) is 4.73. The third-order valence-corrected chi connectivity index (χ3v) is 3.46. The number of amides is 1. The summed E-state index contributed by atoms with van der Waals surface area (Å²) in [5.41, 5.74) is 5.77. The molecule has 1 saturated carbocycles. The van der Waals surface area contributed by atoms with Crippen LogP contribution in [-0.4, -0.2) is 23.4 Å². The molecule has 88 valence electrons. The van der Waals surface area contributed by atoms with Crippen molar-refractivity contribution in [1.82, 2.24) is 5.32 Å². The summed E-state index contributed by atoms with van der Waals surface area (Å²) in [7, 11) is 0. The van der Waals surface area contributed by atoms with E-state index in [1.165, 1.54) is 0 Å². The molecule has 0 aromatic carbocycles. The standard InChI is InChI=1S/C11H21ClN2O/c1-7(2)10(13)11(15)14-9-5-3-8(12)4-6-9/h7-10H,3-6,13H2,1-2H3,(H,14,15). The van der Waals surface area contributed by atoms with E-state index in [2.05, 4.69) is 5.32 Å². The van der Waals surface area contributed by atoms with E-state index in [1.807, 2.05) is 13.8 Å². The summed E-state index contributed by atoms with van der Waals surface area (Å²) in [6, 6.07) is -0.115. The molecule has 3 nitrogen and oxygen atoms in total. The first-order valence-electron chi connectivity index (χ1n) is 5.70. The third-order valence-electron chi connectivity index (χ3n) is 3.02. The number of hydrogen-bond donors (Lipinski definition) is 2. The summed E-state index contributed by atoms with van der Waals surface area (Å²) < 4.78 is 0. The van der Waals surface area contributed by atoms with Crippen LogP contribution in [0.25, 0.3) is 0 Å². The number of hydrogen-bond acceptors (Lipinski definition) is 2. The summed E-state index contributed by atoms with van der Waals surface area (Å²) in [5.74, 6) is 0.164. The molecule has 1 atom stereocenters. The summed E-state index contributed by atoms with van der Waals surface area (Å²) in [4.78, 5) is 11.7. The first-order chi connectivity index (χ1) is 7.00. The fourth-order valence-electron chi connectivity index (χ4n) is 1.80. The van der Waals surface area contributed by atoms with E-state index in [0.29, 0.717) is 0 Å². The maximum absolute atomic E-state index is 11.7. The molecule has 0 aliphatic heterocycles. The second kappa shape index (κ2) is 5.71. The molecule has 15 heavy (non-hydrogen) atoms. The number of carbonyl (C=O) groups excluding carboxylic acids is 1. The van der Waals surface area contributed by atoms with Gasteiger partial charge in [-0.15, -0.1) is 11.6 Å². The molecule has 1 aliphatic carbocycles. The van der Waals surface area contributed by atoms with Crippen molar-refractivity contribution in [3.63, 3.8) is 0 Å². The van der Waals surface area contributed by atoms with Crippen LogP contribution in [0.3, 0.4) is 0 Å². The summed E-state index contributed by atoms with van der Waals surface area (Å²) in [5, 5.41) is 3.29. The van der Waals surface area contributed by atoms with Crippen molar-refractivity contribution >= 4 is 17.5 Å². The van der Waals surface area contributed by atoms with Gasteiger partial charge in [0.05, 0.1) is 6.04 Å². The molecule has 0 radical (unpaired) electrons. The number of alkyl halides is 1. The predicted octanol–water partition coefficient (Wildman–Crippen LogP) is 1.64. The van der Waals surface area contributed by atoms with E-state index in [0.717, 1.165) is 25.7 Å². The van der Waals surface area contributed by atoms with Gasteiger partial charge < -0.3 is 11.1 Å². The van der Waals surface area contributed by atoms with Crippen LogP contribution in [0.2, 0.25) is 0 Å². The molecule has 1 aliphatic rings. The molecule has 0 spiro atoms. The molecule has 3 N–H and O–H groups in total. The smallest absolute Gasteiger partial charge is 0.237 e. The van der Waals surface area contributed by atoms with Gasteiger partial charge in [-0.25, -0.2) is 0 Å². The van der Waals surface area contributed by atoms with E-state index in [1.54, 1.807) is 0 Å². The van der Waals surface area contributed by atoms with E-state index < -0.39 is 6.04 Å². The molecular weight excluding hydrogens is 212 g/mol. The van der Waals surface area contributed by atoms with Gasteiger partial charge in [-0.05, 0) is 31.6 Å². The minimum atomic E-state index is -0.390. The average molecular weight is 233 g/mol. The van der Waals surface area contributed by atoms with E-state index in [-0.39, 0.29) is 23.2 Å². The zero-order chi connectivity index (χ0) is 11.4. The Kier molecular flexibility index (Phi) is 4.87. The van der Waals surface area contributed by atoms with Crippen LogP contribution in [0, 0.1) is 5.92 Å². The van der Waals surface area contributed by atoms with Crippen LogP contribution in [-0.2, 0) is 4.79 Å². The Hall–Kier alpha value is -0.280. The average Bonchev–Trinajstić information content (AvgIpc) is 2.20. The SMILES string of the molecule is CC(C)C(N)C(=O)NC1CCC(Cl)CC1. The van der Waals surface area contributed by atoms with Crippen molar-refractivity contribution in [1.29, 1.82) is 0 Å². The first kappa shape index (κ1) is 12.8. The minimum Gasteiger partial charge on any atom is -0.352 e. The van der Waals surface area contributed by atoms with Crippen LogP contribution in [0.1, 0.15) is 39.5 Å². The van der Waals surface area contributed by atoms with Gasteiger partial charge in [0.1, 0.15) is 0 Å². The highest BCUT2D eigenvalue weighted by atomic mass is 35.5. The van der Waals surface area contributed by atoms with E-state index >= 15 is 0 Å². The molecule has 0 heterocycles. The Morgan fingerprint density at radius 1 is 1.33 bits per heavy atom. The number of nitrogens with two attached hydrogens (primary N) is 1. The molecule has 4 heteroatoms. The maximum atomic E-state index is 11.7. The molecule has 0 bridgehead atoms. The van der Waals surface area contributed by atoms with Crippen LogP contribution in [0.15, 0.2) is 0 Å². The van der Waals surface area contributed by atoms with Crippen LogP contribution in [0.4, 0.5) is 0 Å². The van der Waals surface area contributed by atoms with Crippen LogP contribution in [0.5, 0.6) is 0 Å². The largest absolute Gasteiger partial charge is 0.352 e. The Labute approximate surface area is 96.7 Å². The van der Waals surface area contributed by atoms with Gasteiger partial charge in [0.25, 0.3) is 0 Å². The van der Waals surface area contributed by atoms with Gasteiger partial charge in [-0.3, -0.25) is 4.79 Å². The van der Waals surface area contributed by atoms with Crippen molar-refractivity contribution in [2.24, 2.45) is 11.7 Å². The fourth-order valence-corrected chi connectivity index (χ4v) is 2.05. The first-order valence-corrected chi connectivity index (χ1v) is 6.14. The number of halogens is 1. The molecule has 0 aromatic heterocycles. The monoisotopic (exact) mass is 232 g/mol. The van der Waals surface area contributed by atoms with Gasteiger partial charge in [0.15, 0.2) is 0 Å². The fraction of sp³-hybridized carbons (Fsp3) is 0.909. The maximum Gasteiger partial charge on any atom is 0.237 e. The zero-order valence-corrected chi connectivity index (χ0v) is 10.3. The van der Waals surface area contributed by atoms with E-state index in [4.69, 9.17) is 17.3 Å². The highest BCUT2D eigenvalue weighted by Crippen LogP contribution is 2.22. The summed E-state index contributed by atoms with van der Waals surface area (Å²) in [6.07, 6.45) is 3.93. The van der Waals surface area contributed by atoms with Crippen molar-refractivity contribution < 1.29 is 4.79 Å². The predicted molar refractivity (Wildman–Crippen MR) is 62.9 cm³/mol. The lowest BCUT2D eigenvalue weighted by Crippen LogP contribution is -2.48. The molecule has 0 aromatic rings. The Morgan fingerprint density at radius 2 is 1.87 bits per heavy atom. The lowest BCUT2D eigenvalue weighted by atomic mass is 9.94. The molecule has 1 rings (SSSR count). The van der Waals surface area contributed by atoms with E-state index in [9.17, 15) is 4.79 Å². The summed E-state index contributed by atoms with van der Waals surface area (Å²) >= 11 is 5.99.